The first-order valence-electron chi connectivity index (χ1n) is 7.21. The Balaban J connectivity index is 1.86. The van der Waals surface area contributed by atoms with Crippen molar-refractivity contribution in [3.05, 3.63) is 52.1 Å². The predicted molar refractivity (Wildman–Crippen MR) is 86.0 cm³/mol. The van der Waals surface area contributed by atoms with Gasteiger partial charge in [-0.25, -0.2) is 19.9 Å². The van der Waals surface area contributed by atoms with Gasteiger partial charge in [-0.05, 0) is 39.0 Å². The third-order valence-corrected chi connectivity index (χ3v) is 3.43. The summed E-state index contributed by atoms with van der Waals surface area (Å²) in [5.74, 6) is 0.955. The van der Waals surface area contributed by atoms with Gasteiger partial charge in [-0.1, -0.05) is 0 Å². The van der Waals surface area contributed by atoms with Gasteiger partial charge in [0.25, 0.3) is 0 Å². The Hall–Kier alpha value is -3.03. The molecule has 3 heterocycles. The maximum absolute atomic E-state index is 11.1. The number of hydrogen-bond donors (Lipinski definition) is 3. The first kappa shape index (κ1) is 14.9. The lowest BCUT2D eigenvalue weighted by molar-refractivity contribution is 0.783. The minimum absolute atomic E-state index is 0.235. The molecule has 0 aromatic carbocycles. The van der Waals surface area contributed by atoms with E-state index < -0.39 is 0 Å². The summed E-state index contributed by atoms with van der Waals surface area (Å²) in [5.41, 5.74) is 3.29. The van der Waals surface area contributed by atoms with E-state index in [-0.39, 0.29) is 11.7 Å². The number of nitrogens with one attached hydrogen (secondary N) is 3. The Labute approximate surface area is 132 Å². The summed E-state index contributed by atoms with van der Waals surface area (Å²) < 4.78 is 0. The predicted octanol–water partition coefficient (Wildman–Crippen LogP) is 1.74. The molecule has 0 aliphatic heterocycles. The maximum atomic E-state index is 11.1. The molecule has 0 bridgehead atoms. The van der Waals surface area contributed by atoms with E-state index in [4.69, 9.17) is 0 Å². The second-order valence-electron chi connectivity index (χ2n) is 5.28. The topological polar surface area (TPSA) is 112 Å². The van der Waals surface area contributed by atoms with Gasteiger partial charge in [-0.15, -0.1) is 0 Å². The summed E-state index contributed by atoms with van der Waals surface area (Å²) in [5, 5.41) is 9.35. The lowest BCUT2D eigenvalue weighted by atomic mass is 10.1. The second-order valence-corrected chi connectivity index (χ2v) is 5.28. The molecule has 0 aliphatic carbocycles. The normalized spacial score (nSPS) is 12.1. The van der Waals surface area contributed by atoms with E-state index in [1.165, 1.54) is 0 Å². The fourth-order valence-corrected chi connectivity index (χ4v) is 2.29. The van der Waals surface area contributed by atoms with Crippen LogP contribution in [0.5, 0.6) is 0 Å². The van der Waals surface area contributed by atoms with Crippen LogP contribution in [0.2, 0.25) is 0 Å². The molecule has 0 fully saturated rings. The minimum Gasteiger partial charge on any atom is -0.344 e. The highest BCUT2D eigenvalue weighted by molar-refractivity contribution is 5.62. The number of aryl methyl sites for hydroxylation is 2. The molecule has 8 heteroatoms. The fraction of sp³-hybridized carbons (Fsp3) is 0.267. The van der Waals surface area contributed by atoms with Crippen molar-refractivity contribution in [2.45, 2.75) is 26.8 Å². The van der Waals surface area contributed by atoms with Crippen molar-refractivity contribution < 1.29 is 0 Å². The van der Waals surface area contributed by atoms with E-state index in [1.54, 1.807) is 6.20 Å². The van der Waals surface area contributed by atoms with E-state index in [2.05, 4.69) is 35.5 Å². The molecule has 3 aromatic heterocycles. The Morgan fingerprint density at radius 3 is 2.70 bits per heavy atom. The van der Waals surface area contributed by atoms with Crippen LogP contribution in [-0.2, 0) is 0 Å². The third kappa shape index (κ3) is 3.25. The van der Waals surface area contributed by atoms with Crippen LogP contribution in [-0.4, -0.2) is 30.1 Å². The van der Waals surface area contributed by atoms with Gasteiger partial charge in [0.2, 0.25) is 5.95 Å². The van der Waals surface area contributed by atoms with Crippen LogP contribution in [0.3, 0.4) is 0 Å². The van der Waals surface area contributed by atoms with Gasteiger partial charge in [0.05, 0.1) is 11.7 Å². The van der Waals surface area contributed by atoms with Crippen LogP contribution in [0.15, 0.2) is 29.2 Å². The van der Waals surface area contributed by atoms with Crippen molar-refractivity contribution in [2.75, 3.05) is 5.32 Å². The number of H-pyrrole nitrogens is 2. The molecule has 0 radical (unpaired) electrons. The van der Waals surface area contributed by atoms with E-state index in [1.807, 2.05) is 39.0 Å². The smallest absolute Gasteiger partial charge is 0.340 e. The lowest BCUT2D eigenvalue weighted by Crippen LogP contribution is -2.12. The van der Waals surface area contributed by atoms with Gasteiger partial charge in [-0.2, -0.15) is 5.10 Å². The fourth-order valence-electron chi connectivity index (χ4n) is 2.29. The van der Waals surface area contributed by atoms with E-state index in [0.29, 0.717) is 11.8 Å². The van der Waals surface area contributed by atoms with Crippen LogP contribution in [0.4, 0.5) is 5.95 Å². The summed E-state index contributed by atoms with van der Waals surface area (Å²) >= 11 is 0. The number of nitrogens with zero attached hydrogens (tertiary/aromatic N) is 4. The van der Waals surface area contributed by atoms with Gasteiger partial charge in [-0.3, -0.25) is 9.97 Å². The standard InChI is InChI=1S/C15H17N7O/c1-8-4-5-11(9(2)17-8)12-6-7-16-14(19-12)18-10(3)13-20-15(23)22-21-13/h4-7,10H,1-3H3,(H,16,18,19)(H2,20,21,22,23)/t10-/m1/s1. The molecule has 3 rings (SSSR count). The highest BCUT2D eigenvalue weighted by atomic mass is 16.1. The van der Waals surface area contributed by atoms with E-state index >= 15 is 0 Å². The summed E-state index contributed by atoms with van der Waals surface area (Å²) in [6, 6.07) is 5.56. The second kappa shape index (κ2) is 5.99. The lowest BCUT2D eigenvalue weighted by Gasteiger charge is -2.12. The SMILES string of the molecule is Cc1ccc(-c2ccnc(N[C@H](C)c3n[nH]c(=O)[nH]3)n2)c(C)n1. The van der Waals surface area contributed by atoms with Crippen molar-refractivity contribution >= 4 is 5.95 Å². The Morgan fingerprint density at radius 2 is 2.00 bits per heavy atom. The molecular formula is C15H17N7O. The molecule has 8 nitrogen and oxygen atoms in total. The number of aromatic amines is 2. The molecule has 3 aromatic rings. The molecule has 0 saturated heterocycles. The summed E-state index contributed by atoms with van der Waals surface area (Å²) in [6.45, 7) is 5.77. The van der Waals surface area contributed by atoms with Crippen LogP contribution >= 0.6 is 0 Å². The van der Waals surface area contributed by atoms with Gasteiger partial charge < -0.3 is 5.32 Å². The molecule has 3 N–H and O–H groups in total. The average Bonchev–Trinajstić information content (AvgIpc) is 2.94. The third-order valence-electron chi connectivity index (χ3n) is 3.43. The molecule has 0 amide bonds. The molecule has 0 saturated carbocycles. The number of hydrogen-bond acceptors (Lipinski definition) is 6. The van der Waals surface area contributed by atoms with Gasteiger partial charge in [0, 0.05) is 23.1 Å². The molecular weight excluding hydrogens is 294 g/mol. The van der Waals surface area contributed by atoms with E-state index in [9.17, 15) is 4.79 Å². The van der Waals surface area contributed by atoms with Crippen molar-refractivity contribution in [1.29, 1.82) is 0 Å². The average molecular weight is 311 g/mol. The molecule has 0 spiro atoms. The zero-order valence-corrected chi connectivity index (χ0v) is 13.1. The van der Waals surface area contributed by atoms with Crippen molar-refractivity contribution in [2.24, 2.45) is 0 Å². The first-order chi connectivity index (χ1) is 11.0. The zero-order chi connectivity index (χ0) is 16.4. The Bertz CT molecular complexity index is 883. The molecule has 0 aliphatic rings. The first-order valence-corrected chi connectivity index (χ1v) is 7.21. The number of rotatable bonds is 4. The van der Waals surface area contributed by atoms with Crippen molar-refractivity contribution in [3.63, 3.8) is 0 Å². The van der Waals surface area contributed by atoms with Crippen LogP contribution in [0, 0.1) is 13.8 Å². The number of pyridine rings is 1. The van der Waals surface area contributed by atoms with E-state index in [0.717, 1.165) is 22.6 Å². The highest BCUT2D eigenvalue weighted by Crippen LogP contribution is 2.21. The summed E-state index contributed by atoms with van der Waals surface area (Å²) in [6.07, 6.45) is 1.68. The van der Waals surface area contributed by atoms with Gasteiger partial charge in [0.1, 0.15) is 0 Å². The molecule has 118 valence electrons. The molecule has 23 heavy (non-hydrogen) atoms. The van der Waals surface area contributed by atoms with Gasteiger partial charge >= 0.3 is 5.69 Å². The Kier molecular flexibility index (Phi) is 3.88. The van der Waals surface area contributed by atoms with Crippen LogP contribution in [0.25, 0.3) is 11.3 Å². The number of anilines is 1. The largest absolute Gasteiger partial charge is 0.344 e. The minimum atomic E-state index is -0.343. The zero-order valence-electron chi connectivity index (χ0n) is 13.1. The molecule has 1 atom stereocenters. The van der Waals surface area contributed by atoms with Crippen LogP contribution < -0.4 is 11.0 Å². The summed E-state index contributed by atoms with van der Waals surface area (Å²) in [4.78, 5) is 26.9. The van der Waals surface area contributed by atoms with Crippen LogP contribution in [0.1, 0.15) is 30.2 Å². The monoisotopic (exact) mass is 311 g/mol. The van der Waals surface area contributed by atoms with Crippen molar-refractivity contribution in [3.8, 4) is 11.3 Å². The maximum Gasteiger partial charge on any atom is 0.340 e. The quantitative estimate of drug-likeness (QED) is 0.676. The van der Waals surface area contributed by atoms with Crippen molar-refractivity contribution in [1.82, 2.24) is 30.1 Å². The molecule has 0 unspecified atom stereocenters. The number of aromatic nitrogens is 6. The summed E-state index contributed by atoms with van der Waals surface area (Å²) in [7, 11) is 0. The highest BCUT2D eigenvalue weighted by Gasteiger charge is 2.12. The Morgan fingerprint density at radius 1 is 1.17 bits per heavy atom. The van der Waals surface area contributed by atoms with Gasteiger partial charge in [0.15, 0.2) is 5.82 Å².